The first-order valence-electron chi connectivity index (χ1n) is 7.63. The van der Waals surface area contributed by atoms with Crippen LogP contribution < -0.4 is 15.0 Å². The number of piperazine rings is 1. The third kappa shape index (κ3) is 3.59. The molecule has 0 aliphatic carbocycles. The Balaban J connectivity index is 0.00000192. The molecule has 2 aliphatic heterocycles. The second kappa shape index (κ2) is 7.66. The Labute approximate surface area is 142 Å². The monoisotopic (exact) mass is 339 g/mol. The number of rotatable bonds is 3. The van der Waals surface area contributed by atoms with Crippen molar-refractivity contribution in [1.82, 2.24) is 10.2 Å². The fourth-order valence-corrected chi connectivity index (χ4v) is 3.10. The van der Waals surface area contributed by atoms with Gasteiger partial charge in [-0.1, -0.05) is 12.1 Å². The third-order valence-corrected chi connectivity index (χ3v) is 4.28. The minimum atomic E-state index is -0.254. The van der Waals surface area contributed by atoms with Gasteiger partial charge in [0.25, 0.3) is 0 Å². The van der Waals surface area contributed by atoms with Gasteiger partial charge in [-0.2, -0.15) is 0 Å². The number of carbonyl (C=O) groups excluding carboxylic acids is 2. The van der Waals surface area contributed by atoms with E-state index in [1.54, 1.807) is 12.0 Å². The number of carbonyl (C=O) groups is 2. The molecule has 2 amide bonds. The second-order valence-electron chi connectivity index (χ2n) is 5.65. The van der Waals surface area contributed by atoms with Crippen LogP contribution in [0.15, 0.2) is 24.3 Å². The van der Waals surface area contributed by atoms with E-state index in [1.165, 1.54) is 0 Å². The number of nitrogens with zero attached hydrogens (tertiary/aromatic N) is 2. The van der Waals surface area contributed by atoms with Gasteiger partial charge in [-0.05, 0) is 12.1 Å². The molecular weight excluding hydrogens is 318 g/mol. The molecule has 2 saturated heterocycles. The molecule has 0 bridgehead atoms. The van der Waals surface area contributed by atoms with Gasteiger partial charge in [0.05, 0.1) is 18.7 Å². The number of benzene rings is 1. The maximum Gasteiger partial charge on any atom is 0.228 e. The minimum Gasteiger partial charge on any atom is -0.495 e. The second-order valence-corrected chi connectivity index (χ2v) is 5.65. The van der Waals surface area contributed by atoms with Crippen molar-refractivity contribution in [2.24, 2.45) is 5.92 Å². The molecule has 1 N–H and O–H groups in total. The zero-order valence-corrected chi connectivity index (χ0v) is 14.0. The Morgan fingerprint density at radius 2 is 1.96 bits per heavy atom. The lowest BCUT2D eigenvalue weighted by molar-refractivity contribution is -0.136. The quantitative estimate of drug-likeness (QED) is 0.889. The molecule has 1 aromatic carbocycles. The predicted molar refractivity (Wildman–Crippen MR) is 90.2 cm³/mol. The number of amides is 2. The summed E-state index contributed by atoms with van der Waals surface area (Å²) in [6, 6.07) is 7.42. The molecule has 126 valence electrons. The van der Waals surface area contributed by atoms with Gasteiger partial charge in [-0.3, -0.25) is 9.59 Å². The van der Waals surface area contributed by atoms with E-state index in [1.807, 2.05) is 29.2 Å². The summed E-state index contributed by atoms with van der Waals surface area (Å²) in [6.07, 6.45) is 0.279. The summed E-state index contributed by atoms with van der Waals surface area (Å²) in [7, 11) is 1.59. The third-order valence-electron chi connectivity index (χ3n) is 4.28. The predicted octanol–water partition coefficient (Wildman–Crippen LogP) is 0.902. The van der Waals surface area contributed by atoms with Crippen LogP contribution in [0.25, 0.3) is 0 Å². The van der Waals surface area contributed by atoms with Gasteiger partial charge in [0.2, 0.25) is 11.8 Å². The van der Waals surface area contributed by atoms with Gasteiger partial charge in [0, 0.05) is 39.1 Å². The lowest BCUT2D eigenvalue weighted by Gasteiger charge is -2.29. The summed E-state index contributed by atoms with van der Waals surface area (Å²) in [4.78, 5) is 28.4. The maximum absolute atomic E-state index is 12.6. The Morgan fingerprint density at radius 1 is 1.26 bits per heavy atom. The van der Waals surface area contributed by atoms with Crippen molar-refractivity contribution in [3.8, 4) is 5.75 Å². The van der Waals surface area contributed by atoms with E-state index in [-0.39, 0.29) is 36.6 Å². The Morgan fingerprint density at radius 3 is 2.65 bits per heavy atom. The van der Waals surface area contributed by atoms with Crippen LogP contribution in [0.5, 0.6) is 5.75 Å². The lowest BCUT2D eigenvalue weighted by Crippen LogP contribution is -2.48. The number of ether oxygens (including phenoxy) is 1. The number of methoxy groups -OCH3 is 1. The number of anilines is 1. The Kier molecular flexibility index (Phi) is 5.85. The van der Waals surface area contributed by atoms with Crippen molar-refractivity contribution >= 4 is 29.9 Å². The summed E-state index contributed by atoms with van der Waals surface area (Å²) in [5, 5.41) is 3.23. The van der Waals surface area contributed by atoms with E-state index in [9.17, 15) is 9.59 Å². The first-order chi connectivity index (χ1) is 10.7. The summed E-state index contributed by atoms with van der Waals surface area (Å²) >= 11 is 0. The fourth-order valence-electron chi connectivity index (χ4n) is 3.10. The highest BCUT2D eigenvalue weighted by Gasteiger charge is 2.38. The van der Waals surface area contributed by atoms with Crippen LogP contribution >= 0.6 is 12.4 Å². The normalized spacial score (nSPS) is 21.1. The Hall–Kier alpha value is -1.79. The van der Waals surface area contributed by atoms with E-state index in [4.69, 9.17) is 4.74 Å². The van der Waals surface area contributed by atoms with Gasteiger partial charge in [-0.15, -0.1) is 12.4 Å². The van der Waals surface area contributed by atoms with Crippen LogP contribution in [0, 0.1) is 5.92 Å². The molecule has 0 aromatic heterocycles. The van der Waals surface area contributed by atoms with Crippen molar-refractivity contribution in [3.63, 3.8) is 0 Å². The van der Waals surface area contributed by atoms with Crippen LogP contribution in [-0.4, -0.2) is 56.5 Å². The van der Waals surface area contributed by atoms with E-state index >= 15 is 0 Å². The smallest absolute Gasteiger partial charge is 0.228 e. The number of hydrogen-bond acceptors (Lipinski definition) is 4. The topological polar surface area (TPSA) is 61.9 Å². The summed E-state index contributed by atoms with van der Waals surface area (Å²) in [5.41, 5.74) is 0.741. The first kappa shape index (κ1) is 17.6. The van der Waals surface area contributed by atoms with Gasteiger partial charge in [-0.25, -0.2) is 0 Å². The fraction of sp³-hybridized carbons (Fsp3) is 0.500. The summed E-state index contributed by atoms with van der Waals surface area (Å²) in [5.74, 6) is 0.479. The molecule has 7 heteroatoms. The molecule has 23 heavy (non-hydrogen) atoms. The van der Waals surface area contributed by atoms with Gasteiger partial charge in [0.15, 0.2) is 0 Å². The zero-order valence-electron chi connectivity index (χ0n) is 13.2. The first-order valence-corrected chi connectivity index (χ1v) is 7.63. The van der Waals surface area contributed by atoms with Crippen molar-refractivity contribution in [2.75, 3.05) is 44.7 Å². The molecule has 2 fully saturated rings. The van der Waals surface area contributed by atoms with Crippen LogP contribution in [0.3, 0.4) is 0 Å². The molecule has 2 aliphatic rings. The number of halogens is 1. The molecule has 1 atom stereocenters. The molecule has 0 saturated carbocycles. The van der Waals surface area contributed by atoms with Crippen LogP contribution in [0.2, 0.25) is 0 Å². The molecule has 3 rings (SSSR count). The number of para-hydroxylation sites is 2. The molecule has 1 unspecified atom stereocenters. The van der Waals surface area contributed by atoms with Crippen LogP contribution in [0.1, 0.15) is 6.42 Å². The van der Waals surface area contributed by atoms with E-state index in [2.05, 4.69) is 5.32 Å². The molecule has 0 spiro atoms. The van der Waals surface area contributed by atoms with E-state index in [0.717, 1.165) is 31.9 Å². The van der Waals surface area contributed by atoms with E-state index in [0.29, 0.717) is 12.3 Å². The molecule has 6 nitrogen and oxygen atoms in total. The highest BCUT2D eigenvalue weighted by molar-refractivity contribution is 6.01. The largest absolute Gasteiger partial charge is 0.495 e. The van der Waals surface area contributed by atoms with Crippen molar-refractivity contribution in [2.45, 2.75) is 6.42 Å². The number of nitrogens with one attached hydrogen (secondary N) is 1. The highest BCUT2D eigenvalue weighted by atomic mass is 35.5. The molecular formula is C16H22ClN3O3. The average Bonchev–Trinajstić information content (AvgIpc) is 2.96. The SMILES string of the molecule is COc1ccccc1N1CC(C(=O)N2CCNCC2)CC1=O.Cl. The van der Waals surface area contributed by atoms with Crippen molar-refractivity contribution in [1.29, 1.82) is 0 Å². The van der Waals surface area contributed by atoms with E-state index < -0.39 is 0 Å². The van der Waals surface area contributed by atoms with Gasteiger partial charge in [0.1, 0.15) is 5.75 Å². The van der Waals surface area contributed by atoms with Gasteiger partial charge >= 0.3 is 0 Å². The molecule has 0 radical (unpaired) electrons. The standard InChI is InChI=1S/C16H21N3O3.ClH/c1-22-14-5-3-2-4-13(14)19-11-12(10-15(19)20)16(21)18-8-6-17-7-9-18;/h2-5,12,17H,6-11H2,1H3;1H. The Bertz CT molecular complexity index is 575. The number of hydrogen-bond donors (Lipinski definition) is 1. The molecule has 2 heterocycles. The van der Waals surface area contributed by atoms with Crippen molar-refractivity contribution in [3.05, 3.63) is 24.3 Å². The van der Waals surface area contributed by atoms with Crippen LogP contribution in [-0.2, 0) is 9.59 Å². The maximum atomic E-state index is 12.6. The van der Waals surface area contributed by atoms with Crippen LogP contribution in [0.4, 0.5) is 5.69 Å². The highest BCUT2D eigenvalue weighted by Crippen LogP contribution is 2.33. The van der Waals surface area contributed by atoms with Crippen molar-refractivity contribution < 1.29 is 14.3 Å². The minimum absolute atomic E-state index is 0. The zero-order chi connectivity index (χ0) is 15.5. The lowest BCUT2D eigenvalue weighted by atomic mass is 10.1. The summed E-state index contributed by atoms with van der Waals surface area (Å²) in [6.45, 7) is 3.52. The summed E-state index contributed by atoms with van der Waals surface area (Å²) < 4.78 is 5.32. The molecule has 1 aromatic rings. The average molecular weight is 340 g/mol. The van der Waals surface area contributed by atoms with Gasteiger partial charge < -0.3 is 19.9 Å².